The maximum atomic E-state index is 5.66. The van der Waals surface area contributed by atoms with Crippen molar-refractivity contribution in [1.29, 1.82) is 0 Å². The van der Waals surface area contributed by atoms with Crippen LogP contribution in [-0.2, 0) is 29.4 Å². The van der Waals surface area contributed by atoms with E-state index in [1.165, 1.54) is 0 Å². The Bertz CT molecular complexity index is 1440. The number of ether oxygens (including phenoxy) is 2. The van der Waals surface area contributed by atoms with Gasteiger partial charge in [0.25, 0.3) is 0 Å². The molecule has 3 aliphatic heterocycles. The molecule has 3 saturated heterocycles. The van der Waals surface area contributed by atoms with Gasteiger partial charge in [0.1, 0.15) is 11.6 Å². The van der Waals surface area contributed by atoms with Crippen LogP contribution >= 0.6 is 0 Å². The molecule has 3 aliphatic rings. The molecule has 10 heteroatoms. The highest BCUT2D eigenvalue weighted by Gasteiger charge is 2.34. The van der Waals surface area contributed by atoms with Crippen molar-refractivity contribution in [2.45, 2.75) is 38.6 Å². The Labute approximate surface area is 222 Å². The molecule has 0 spiro atoms. The van der Waals surface area contributed by atoms with E-state index in [1.54, 1.807) is 0 Å². The number of aromatic nitrogens is 6. The summed E-state index contributed by atoms with van der Waals surface area (Å²) in [4.78, 5) is 25.2. The number of morpholine rings is 1. The van der Waals surface area contributed by atoms with E-state index < -0.39 is 0 Å². The highest BCUT2D eigenvalue weighted by Crippen LogP contribution is 2.31. The number of hydrogen-bond acceptors (Lipinski definition) is 8. The average Bonchev–Trinajstić information content (AvgIpc) is 3.48. The lowest BCUT2D eigenvalue weighted by Gasteiger charge is -2.45. The fraction of sp³-hybridized carbons (Fsp3) is 0.571. The number of para-hydroxylation sites is 2. The van der Waals surface area contributed by atoms with Crippen molar-refractivity contribution < 1.29 is 9.47 Å². The van der Waals surface area contributed by atoms with Gasteiger partial charge in [-0.1, -0.05) is 19.1 Å². The number of likely N-dealkylation sites (tertiary alicyclic amines) is 1. The number of nitrogens with zero attached hydrogens (tertiary/aromatic N) is 8. The Morgan fingerprint density at radius 2 is 1.66 bits per heavy atom. The molecule has 0 aliphatic carbocycles. The summed E-state index contributed by atoms with van der Waals surface area (Å²) >= 11 is 0. The third-order valence-corrected chi connectivity index (χ3v) is 8.40. The van der Waals surface area contributed by atoms with Gasteiger partial charge in [-0.15, -0.1) is 0 Å². The van der Waals surface area contributed by atoms with Crippen LogP contribution < -0.4 is 4.90 Å². The second-order valence-electron chi connectivity index (χ2n) is 10.8. The topological polar surface area (TPSA) is 86.4 Å². The molecule has 0 saturated carbocycles. The average molecular weight is 517 g/mol. The molecule has 38 heavy (non-hydrogen) atoms. The predicted molar refractivity (Wildman–Crippen MR) is 146 cm³/mol. The van der Waals surface area contributed by atoms with Gasteiger partial charge in [-0.3, -0.25) is 9.47 Å². The van der Waals surface area contributed by atoms with Crippen LogP contribution in [0.2, 0.25) is 0 Å². The van der Waals surface area contributed by atoms with E-state index in [9.17, 15) is 0 Å². The van der Waals surface area contributed by atoms with Crippen molar-refractivity contribution in [3.63, 3.8) is 0 Å². The van der Waals surface area contributed by atoms with Crippen LogP contribution in [0.1, 0.15) is 31.4 Å². The van der Waals surface area contributed by atoms with Crippen molar-refractivity contribution >= 4 is 28.0 Å². The van der Waals surface area contributed by atoms with Crippen LogP contribution in [0, 0.1) is 5.92 Å². The molecular formula is C28H36N8O2. The van der Waals surface area contributed by atoms with Crippen molar-refractivity contribution in [1.82, 2.24) is 34.0 Å². The molecule has 10 nitrogen and oxygen atoms in total. The first-order valence-electron chi connectivity index (χ1n) is 14.0. The highest BCUT2D eigenvalue weighted by atomic mass is 16.5. The molecule has 3 fully saturated rings. The Morgan fingerprint density at radius 1 is 0.895 bits per heavy atom. The van der Waals surface area contributed by atoms with Crippen molar-refractivity contribution in [2.24, 2.45) is 13.0 Å². The minimum atomic E-state index is 0.622. The minimum absolute atomic E-state index is 0.622. The molecule has 0 amide bonds. The first-order valence-corrected chi connectivity index (χ1v) is 14.0. The van der Waals surface area contributed by atoms with Gasteiger partial charge in [-0.25, -0.2) is 9.97 Å². The van der Waals surface area contributed by atoms with Crippen molar-refractivity contribution in [3.8, 4) is 5.95 Å². The molecule has 6 heterocycles. The second-order valence-corrected chi connectivity index (χ2v) is 10.8. The normalized spacial score (nSPS) is 20.0. The molecule has 3 aromatic heterocycles. The predicted octanol–water partition coefficient (Wildman–Crippen LogP) is 2.75. The number of imidazole rings is 2. The van der Waals surface area contributed by atoms with Gasteiger partial charge in [0.15, 0.2) is 17.0 Å². The van der Waals surface area contributed by atoms with E-state index in [0.717, 1.165) is 105 Å². The fourth-order valence-corrected chi connectivity index (χ4v) is 6.24. The second kappa shape index (κ2) is 9.91. The summed E-state index contributed by atoms with van der Waals surface area (Å²) in [7, 11) is 2.10. The summed E-state index contributed by atoms with van der Waals surface area (Å²) in [5.74, 6) is 4.23. The molecule has 0 unspecified atom stereocenters. The highest BCUT2D eigenvalue weighted by molar-refractivity contribution is 5.86. The van der Waals surface area contributed by atoms with Gasteiger partial charge in [-0.2, -0.15) is 9.97 Å². The molecule has 7 rings (SSSR count). The molecule has 1 aromatic carbocycles. The lowest BCUT2D eigenvalue weighted by molar-refractivity contribution is -0.0154. The summed E-state index contributed by atoms with van der Waals surface area (Å²) in [6.45, 7) is 9.18. The number of fused-ring (bicyclic) bond motifs is 2. The molecule has 0 radical (unpaired) electrons. The standard InChI is InChI=1S/C28H36N8O2/c1-3-23-29-21-6-4-5-7-22(21)36(23)28-31-26-25(27(32-28)34-10-14-38-15-11-34)30-24(33(26)2)16-19-17-35(18-19)20-8-12-37-13-9-20/h4-7,19-20H,3,8-18H2,1-2H3. The van der Waals surface area contributed by atoms with E-state index in [4.69, 9.17) is 29.4 Å². The van der Waals surface area contributed by atoms with E-state index in [0.29, 0.717) is 31.1 Å². The Hall–Kier alpha value is -3.08. The van der Waals surface area contributed by atoms with Crippen LogP contribution in [0.25, 0.3) is 28.1 Å². The number of benzene rings is 1. The molecule has 0 atom stereocenters. The Morgan fingerprint density at radius 3 is 2.45 bits per heavy atom. The Kier molecular flexibility index (Phi) is 6.25. The SMILES string of the molecule is CCc1nc2ccccc2n1-c1nc(N2CCOCC2)c2nc(CC3CN(C4CCOCC4)C3)n(C)c2n1. The largest absolute Gasteiger partial charge is 0.381 e. The lowest BCUT2D eigenvalue weighted by Crippen LogP contribution is -2.54. The third kappa shape index (κ3) is 4.15. The molecular weight excluding hydrogens is 480 g/mol. The molecule has 4 aromatic rings. The monoisotopic (exact) mass is 516 g/mol. The first-order chi connectivity index (χ1) is 18.7. The number of hydrogen-bond donors (Lipinski definition) is 0. The Balaban J connectivity index is 1.26. The van der Waals surface area contributed by atoms with Crippen LogP contribution in [0.4, 0.5) is 5.82 Å². The summed E-state index contributed by atoms with van der Waals surface area (Å²) in [6, 6.07) is 8.90. The van der Waals surface area contributed by atoms with Gasteiger partial charge in [0, 0.05) is 65.3 Å². The van der Waals surface area contributed by atoms with Crippen LogP contribution in [0.3, 0.4) is 0 Å². The van der Waals surface area contributed by atoms with Crippen molar-refractivity contribution in [2.75, 3.05) is 57.5 Å². The summed E-state index contributed by atoms with van der Waals surface area (Å²) in [5.41, 5.74) is 3.76. The van der Waals surface area contributed by atoms with Gasteiger partial charge < -0.3 is 18.9 Å². The minimum Gasteiger partial charge on any atom is -0.381 e. The maximum absolute atomic E-state index is 5.66. The quantitative estimate of drug-likeness (QED) is 0.387. The van der Waals surface area contributed by atoms with E-state index in [2.05, 4.69) is 45.0 Å². The smallest absolute Gasteiger partial charge is 0.239 e. The van der Waals surface area contributed by atoms with Crippen LogP contribution in [-0.4, -0.2) is 92.6 Å². The van der Waals surface area contributed by atoms with E-state index >= 15 is 0 Å². The van der Waals surface area contributed by atoms with Gasteiger partial charge in [-0.05, 0) is 30.9 Å². The maximum Gasteiger partial charge on any atom is 0.239 e. The number of anilines is 1. The molecule has 0 N–H and O–H groups in total. The van der Waals surface area contributed by atoms with Gasteiger partial charge in [0.2, 0.25) is 5.95 Å². The van der Waals surface area contributed by atoms with E-state index in [-0.39, 0.29) is 0 Å². The first kappa shape index (κ1) is 24.0. The van der Waals surface area contributed by atoms with Crippen LogP contribution in [0.15, 0.2) is 24.3 Å². The van der Waals surface area contributed by atoms with Gasteiger partial charge in [0.05, 0.1) is 24.2 Å². The molecule has 200 valence electrons. The lowest BCUT2D eigenvalue weighted by atomic mass is 9.92. The zero-order valence-corrected chi connectivity index (χ0v) is 22.3. The van der Waals surface area contributed by atoms with Gasteiger partial charge >= 0.3 is 0 Å². The summed E-state index contributed by atoms with van der Waals surface area (Å²) < 4.78 is 15.5. The third-order valence-electron chi connectivity index (χ3n) is 8.40. The zero-order valence-electron chi connectivity index (χ0n) is 22.3. The zero-order chi connectivity index (χ0) is 25.6. The van der Waals surface area contributed by atoms with Crippen molar-refractivity contribution in [3.05, 3.63) is 35.9 Å². The van der Waals surface area contributed by atoms with Crippen LogP contribution in [0.5, 0.6) is 0 Å². The fourth-order valence-electron chi connectivity index (χ4n) is 6.24. The van der Waals surface area contributed by atoms with E-state index in [1.807, 2.05) is 12.1 Å². The number of rotatable bonds is 6. The summed E-state index contributed by atoms with van der Waals surface area (Å²) in [6.07, 6.45) is 4.06. The number of aryl methyl sites for hydroxylation is 2. The molecule has 0 bridgehead atoms. The summed E-state index contributed by atoms with van der Waals surface area (Å²) in [5, 5.41) is 0.